The van der Waals surface area contributed by atoms with Crippen LogP contribution in [0.3, 0.4) is 0 Å². The highest BCUT2D eigenvalue weighted by Gasteiger charge is 2.22. The van der Waals surface area contributed by atoms with Gasteiger partial charge in [-0.1, -0.05) is 36.4 Å². The minimum Gasteiger partial charge on any atom is -0.336 e. The summed E-state index contributed by atoms with van der Waals surface area (Å²) in [6.45, 7) is 4.05. The van der Waals surface area contributed by atoms with E-state index in [1.807, 2.05) is 58.1 Å². The Morgan fingerprint density at radius 2 is 1.64 bits per heavy atom. The normalized spacial score (nSPS) is 15.4. The van der Waals surface area contributed by atoms with Gasteiger partial charge in [0.15, 0.2) is 0 Å². The number of aromatic nitrogens is 2. The molecule has 140 valence electrons. The van der Waals surface area contributed by atoms with Crippen LogP contribution in [0.25, 0.3) is 16.3 Å². The smallest absolute Gasteiger partial charge is 0.253 e. The monoisotopic (exact) mass is 370 g/mol. The van der Waals surface area contributed by atoms with E-state index in [4.69, 9.17) is 0 Å². The number of carbonyl (C=O) groups is 1. The van der Waals surface area contributed by atoms with E-state index in [2.05, 4.69) is 34.3 Å². The summed E-state index contributed by atoms with van der Waals surface area (Å²) in [7, 11) is 0. The molecule has 2 aromatic carbocycles. The lowest BCUT2D eigenvalue weighted by Crippen LogP contribution is -2.48. The van der Waals surface area contributed by atoms with E-state index in [0.29, 0.717) is 0 Å². The molecule has 2 aromatic heterocycles. The highest BCUT2D eigenvalue weighted by molar-refractivity contribution is 5.98. The summed E-state index contributed by atoms with van der Waals surface area (Å²) in [5, 5.41) is 6.91. The van der Waals surface area contributed by atoms with E-state index >= 15 is 0 Å². The molecule has 28 heavy (non-hydrogen) atoms. The maximum absolute atomic E-state index is 12.9. The SMILES string of the molecule is O=C(c1ccc2ccccc2c1)N1CCN(Cc2cc3ccccn3n2)CC1. The van der Waals surface area contributed by atoms with Crippen molar-refractivity contribution in [1.29, 1.82) is 0 Å². The third-order valence-corrected chi connectivity index (χ3v) is 5.46. The van der Waals surface area contributed by atoms with Crippen molar-refractivity contribution in [1.82, 2.24) is 19.4 Å². The lowest BCUT2D eigenvalue weighted by atomic mass is 10.1. The fourth-order valence-electron chi connectivity index (χ4n) is 3.91. The van der Waals surface area contributed by atoms with Gasteiger partial charge in [0.25, 0.3) is 5.91 Å². The van der Waals surface area contributed by atoms with E-state index in [0.717, 1.165) is 60.3 Å². The van der Waals surface area contributed by atoms with Gasteiger partial charge in [-0.15, -0.1) is 0 Å². The van der Waals surface area contributed by atoms with Crippen molar-refractivity contribution in [2.45, 2.75) is 6.54 Å². The van der Waals surface area contributed by atoms with E-state index in [9.17, 15) is 4.79 Å². The van der Waals surface area contributed by atoms with Crippen LogP contribution < -0.4 is 0 Å². The molecule has 3 heterocycles. The van der Waals surface area contributed by atoms with Gasteiger partial charge in [-0.2, -0.15) is 5.10 Å². The first-order valence-corrected chi connectivity index (χ1v) is 9.70. The van der Waals surface area contributed by atoms with Crippen LogP contribution in [-0.2, 0) is 6.54 Å². The van der Waals surface area contributed by atoms with Crippen LogP contribution in [-0.4, -0.2) is 51.5 Å². The summed E-state index contributed by atoms with van der Waals surface area (Å²) >= 11 is 0. The van der Waals surface area contributed by atoms with Crippen LogP contribution in [0, 0.1) is 0 Å². The number of fused-ring (bicyclic) bond motifs is 2. The van der Waals surface area contributed by atoms with E-state index in [-0.39, 0.29) is 5.91 Å². The van der Waals surface area contributed by atoms with Crippen molar-refractivity contribution in [3.8, 4) is 0 Å². The average Bonchev–Trinajstić information content (AvgIpc) is 3.16. The van der Waals surface area contributed by atoms with Crippen molar-refractivity contribution in [2.24, 2.45) is 0 Å². The first-order chi connectivity index (χ1) is 13.8. The summed E-state index contributed by atoms with van der Waals surface area (Å²) in [5.74, 6) is 0.123. The Balaban J connectivity index is 1.24. The Bertz CT molecular complexity index is 1110. The zero-order chi connectivity index (χ0) is 18.9. The maximum Gasteiger partial charge on any atom is 0.253 e. The molecule has 1 aliphatic rings. The number of amides is 1. The molecule has 4 aromatic rings. The van der Waals surface area contributed by atoms with Crippen LogP contribution >= 0.6 is 0 Å². The van der Waals surface area contributed by atoms with Gasteiger partial charge >= 0.3 is 0 Å². The predicted molar refractivity (Wildman–Crippen MR) is 110 cm³/mol. The number of piperazine rings is 1. The molecular formula is C23H22N4O. The van der Waals surface area contributed by atoms with Gasteiger partial charge in [-0.05, 0) is 41.1 Å². The van der Waals surface area contributed by atoms with Crippen molar-refractivity contribution in [3.05, 3.63) is 84.2 Å². The summed E-state index contributed by atoms with van der Waals surface area (Å²) in [4.78, 5) is 17.2. The van der Waals surface area contributed by atoms with Gasteiger partial charge in [-0.3, -0.25) is 9.69 Å². The molecule has 0 atom stereocenters. The Morgan fingerprint density at radius 1 is 0.857 bits per heavy atom. The number of hydrogen-bond acceptors (Lipinski definition) is 3. The summed E-state index contributed by atoms with van der Waals surface area (Å²) in [5.41, 5.74) is 2.95. The fraction of sp³-hybridized carbons (Fsp3) is 0.217. The second kappa shape index (κ2) is 7.09. The zero-order valence-corrected chi connectivity index (χ0v) is 15.7. The molecule has 0 unspecified atom stereocenters. The minimum absolute atomic E-state index is 0.123. The number of rotatable bonds is 3. The number of carbonyl (C=O) groups excluding carboxylic acids is 1. The third-order valence-electron chi connectivity index (χ3n) is 5.46. The molecule has 1 fully saturated rings. The topological polar surface area (TPSA) is 40.9 Å². The van der Waals surface area contributed by atoms with Crippen molar-refractivity contribution < 1.29 is 4.79 Å². The van der Waals surface area contributed by atoms with E-state index < -0.39 is 0 Å². The number of hydrogen-bond donors (Lipinski definition) is 0. The maximum atomic E-state index is 12.9. The molecule has 1 saturated heterocycles. The molecule has 0 aliphatic carbocycles. The van der Waals surface area contributed by atoms with Gasteiger partial charge in [0.1, 0.15) is 0 Å². The summed E-state index contributed by atoms with van der Waals surface area (Å²) in [6.07, 6.45) is 1.97. The predicted octanol–water partition coefficient (Wildman–Crippen LogP) is 3.45. The molecule has 0 bridgehead atoms. The van der Waals surface area contributed by atoms with Gasteiger partial charge in [0.2, 0.25) is 0 Å². The molecule has 1 amide bonds. The van der Waals surface area contributed by atoms with Gasteiger partial charge < -0.3 is 4.90 Å². The first-order valence-electron chi connectivity index (χ1n) is 9.70. The number of pyridine rings is 1. The molecule has 5 nitrogen and oxygen atoms in total. The Labute approximate surface area is 163 Å². The highest BCUT2D eigenvalue weighted by atomic mass is 16.2. The quantitative estimate of drug-likeness (QED) is 0.555. The summed E-state index contributed by atoms with van der Waals surface area (Å²) < 4.78 is 1.91. The Morgan fingerprint density at radius 3 is 2.46 bits per heavy atom. The van der Waals surface area contributed by atoms with Crippen LogP contribution in [0.5, 0.6) is 0 Å². The summed E-state index contributed by atoms with van der Waals surface area (Å²) in [6, 6.07) is 22.3. The van der Waals surface area contributed by atoms with E-state index in [1.165, 1.54) is 0 Å². The lowest BCUT2D eigenvalue weighted by Gasteiger charge is -2.34. The number of nitrogens with zero attached hydrogens (tertiary/aromatic N) is 4. The molecule has 1 aliphatic heterocycles. The van der Waals surface area contributed by atoms with Gasteiger partial charge in [-0.25, -0.2) is 4.52 Å². The highest BCUT2D eigenvalue weighted by Crippen LogP contribution is 2.18. The molecule has 0 saturated carbocycles. The average molecular weight is 370 g/mol. The number of benzene rings is 2. The molecule has 5 rings (SSSR count). The van der Waals surface area contributed by atoms with E-state index in [1.54, 1.807) is 0 Å². The van der Waals surface area contributed by atoms with Crippen LogP contribution in [0.1, 0.15) is 16.1 Å². The van der Waals surface area contributed by atoms with Crippen molar-refractivity contribution >= 4 is 22.2 Å². The molecule has 0 spiro atoms. The molecule has 5 heteroatoms. The van der Waals surface area contributed by atoms with Crippen LogP contribution in [0.2, 0.25) is 0 Å². The Hall–Kier alpha value is -3.18. The third kappa shape index (κ3) is 3.25. The fourth-order valence-corrected chi connectivity index (χ4v) is 3.91. The molecule has 0 radical (unpaired) electrons. The lowest BCUT2D eigenvalue weighted by molar-refractivity contribution is 0.0627. The zero-order valence-electron chi connectivity index (χ0n) is 15.7. The van der Waals surface area contributed by atoms with Gasteiger partial charge in [0.05, 0.1) is 11.2 Å². The molecular weight excluding hydrogens is 348 g/mol. The standard InChI is InChI=1S/C23H22N4O/c28-23(20-9-8-18-5-1-2-6-19(18)15-20)26-13-11-25(12-14-26)17-21-16-22-7-3-4-10-27(22)24-21/h1-10,15-16H,11-14,17H2. The van der Waals surface area contributed by atoms with Crippen molar-refractivity contribution in [3.63, 3.8) is 0 Å². The molecule has 0 N–H and O–H groups in total. The Kier molecular flexibility index (Phi) is 4.29. The van der Waals surface area contributed by atoms with Crippen LogP contribution in [0.4, 0.5) is 0 Å². The van der Waals surface area contributed by atoms with Crippen LogP contribution in [0.15, 0.2) is 72.9 Å². The second-order valence-corrected chi connectivity index (χ2v) is 7.34. The minimum atomic E-state index is 0.123. The second-order valence-electron chi connectivity index (χ2n) is 7.34. The van der Waals surface area contributed by atoms with Gasteiger partial charge in [0, 0.05) is 44.5 Å². The largest absolute Gasteiger partial charge is 0.336 e. The first kappa shape index (κ1) is 17.0. The van der Waals surface area contributed by atoms with Crippen molar-refractivity contribution in [2.75, 3.05) is 26.2 Å².